The van der Waals surface area contributed by atoms with Gasteiger partial charge in [-0.2, -0.15) is 0 Å². The molecule has 1 unspecified atom stereocenters. The van der Waals surface area contributed by atoms with E-state index >= 15 is 0 Å². The number of imide groups is 1. The summed E-state index contributed by atoms with van der Waals surface area (Å²) in [5, 5.41) is 10.7. The summed E-state index contributed by atoms with van der Waals surface area (Å²) in [6.45, 7) is 1.77. The van der Waals surface area contributed by atoms with Crippen molar-refractivity contribution in [1.29, 1.82) is 0 Å². The second-order valence-electron chi connectivity index (χ2n) is 7.45. The minimum Gasteiger partial charge on any atom is -0.489 e. The van der Waals surface area contributed by atoms with Gasteiger partial charge in [0.1, 0.15) is 12.4 Å². The summed E-state index contributed by atoms with van der Waals surface area (Å²) in [4.78, 5) is 42.8. The molecular formula is C23H18Cl2N2O5. The second kappa shape index (κ2) is 8.86. The molecule has 2 heterocycles. The van der Waals surface area contributed by atoms with Crippen molar-refractivity contribution in [2.24, 2.45) is 4.99 Å². The van der Waals surface area contributed by atoms with Gasteiger partial charge in [-0.15, -0.1) is 0 Å². The lowest BCUT2D eigenvalue weighted by atomic mass is 9.99. The van der Waals surface area contributed by atoms with Crippen LogP contribution in [0.1, 0.15) is 39.6 Å². The molecule has 0 aromatic heterocycles. The lowest BCUT2D eigenvalue weighted by molar-refractivity contribution is -0.120. The molecule has 9 heteroatoms. The van der Waals surface area contributed by atoms with Crippen LogP contribution in [0.3, 0.4) is 0 Å². The molecule has 1 N–H and O–H groups in total. The number of amides is 2. The number of fused-ring (bicyclic) bond motifs is 1. The average Bonchev–Trinajstić information content (AvgIpc) is 3.02. The van der Waals surface area contributed by atoms with Crippen LogP contribution < -0.4 is 4.74 Å². The molecule has 0 saturated heterocycles. The number of Topliss-reactive ketones (excluding diaryl/α,β-unsaturated/α-hetero) is 1. The van der Waals surface area contributed by atoms with Crippen LogP contribution in [-0.2, 0) is 11.4 Å². The molecule has 0 saturated carbocycles. The first-order valence-electron chi connectivity index (χ1n) is 9.79. The molecule has 4 rings (SSSR count). The Labute approximate surface area is 193 Å². The molecule has 1 atom stereocenters. The van der Waals surface area contributed by atoms with Crippen molar-refractivity contribution in [1.82, 2.24) is 4.90 Å². The summed E-state index contributed by atoms with van der Waals surface area (Å²) < 4.78 is 5.74. The van der Waals surface area contributed by atoms with Crippen molar-refractivity contribution < 1.29 is 24.2 Å². The predicted molar refractivity (Wildman–Crippen MR) is 119 cm³/mol. The fourth-order valence-corrected chi connectivity index (χ4v) is 3.78. The van der Waals surface area contributed by atoms with Crippen LogP contribution in [0, 0.1) is 0 Å². The van der Waals surface area contributed by atoms with Crippen LogP contribution in [0.4, 0.5) is 0 Å². The van der Waals surface area contributed by atoms with Gasteiger partial charge in [0.25, 0.3) is 11.8 Å². The molecule has 7 nitrogen and oxygen atoms in total. The van der Waals surface area contributed by atoms with Gasteiger partial charge in [0.2, 0.25) is 0 Å². The fraction of sp³-hybridized carbons (Fsp3) is 0.217. The third-order valence-corrected chi connectivity index (χ3v) is 6.06. The van der Waals surface area contributed by atoms with Gasteiger partial charge in [0.05, 0.1) is 26.9 Å². The van der Waals surface area contributed by atoms with E-state index in [0.717, 1.165) is 10.5 Å². The van der Waals surface area contributed by atoms with Crippen molar-refractivity contribution in [2.75, 3.05) is 6.54 Å². The normalized spacial score (nSPS) is 17.9. The molecule has 2 amide bonds. The number of halogens is 2. The van der Waals surface area contributed by atoms with Gasteiger partial charge in [-0.05, 0) is 49.2 Å². The molecule has 32 heavy (non-hydrogen) atoms. The maximum atomic E-state index is 12.8. The molecule has 164 valence electrons. The SMILES string of the molecule is CC1=NC=C(CCN2C(=O)c3ccc(OCc4ccc(Cl)c(Cl)c4)cc3C2=O)C(=O)C1O. The van der Waals surface area contributed by atoms with Gasteiger partial charge in [-0.1, -0.05) is 29.3 Å². The van der Waals surface area contributed by atoms with E-state index in [1.165, 1.54) is 12.3 Å². The number of aliphatic hydroxyl groups excluding tert-OH is 1. The van der Waals surface area contributed by atoms with E-state index in [4.69, 9.17) is 27.9 Å². The summed E-state index contributed by atoms with van der Waals surface area (Å²) in [5.74, 6) is -0.942. The summed E-state index contributed by atoms with van der Waals surface area (Å²) >= 11 is 11.9. The lowest BCUT2D eigenvalue weighted by Crippen LogP contribution is -2.35. The summed E-state index contributed by atoms with van der Waals surface area (Å²) in [6, 6.07) is 9.83. The van der Waals surface area contributed by atoms with Gasteiger partial charge in [0.15, 0.2) is 11.9 Å². The zero-order valence-electron chi connectivity index (χ0n) is 17.0. The maximum Gasteiger partial charge on any atom is 0.261 e. The zero-order valence-corrected chi connectivity index (χ0v) is 18.5. The van der Waals surface area contributed by atoms with Crippen molar-refractivity contribution in [3.8, 4) is 5.75 Å². The average molecular weight is 473 g/mol. The zero-order chi connectivity index (χ0) is 23.0. The van der Waals surface area contributed by atoms with E-state index in [9.17, 15) is 19.5 Å². The molecule has 2 aromatic rings. The number of hydrogen-bond acceptors (Lipinski definition) is 6. The summed E-state index contributed by atoms with van der Waals surface area (Å²) in [5.41, 5.74) is 1.89. The van der Waals surface area contributed by atoms with Gasteiger partial charge < -0.3 is 9.84 Å². The maximum absolute atomic E-state index is 12.8. The molecule has 0 fully saturated rings. The quantitative estimate of drug-likeness (QED) is 0.644. The van der Waals surface area contributed by atoms with Crippen molar-refractivity contribution in [2.45, 2.75) is 26.1 Å². The molecule has 2 aromatic carbocycles. The molecule has 0 aliphatic carbocycles. The standard InChI is InChI=1S/C23H18Cl2N2O5/c1-12-20(28)21(29)14(10-26-12)6-7-27-22(30)16-4-3-15(9-17(16)23(27)31)32-11-13-2-5-18(24)19(25)8-13/h2-5,8-10,20,28H,6-7,11H2,1H3. The topological polar surface area (TPSA) is 96.3 Å². The summed E-state index contributed by atoms with van der Waals surface area (Å²) in [6.07, 6.45) is 0.198. The van der Waals surface area contributed by atoms with Crippen LogP contribution >= 0.6 is 23.2 Å². The lowest BCUT2D eigenvalue weighted by Gasteiger charge is -2.18. The number of rotatable bonds is 6. The molecule has 2 aliphatic heterocycles. The molecule has 0 radical (unpaired) electrons. The van der Waals surface area contributed by atoms with Crippen LogP contribution in [0.2, 0.25) is 10.0 Å². The van der Waals surface area contributed by atoms with E-state index in [1.54, 1.807) is 37.3 Å². The van der Waals surface area contributed by atoms with Gasteiger partial charge in [-0.3, -0.25) is 24.3 Å². The first-order chi connectivity index (χ1) is 15.3. The Morgan fingerprint density at radius 2 is 1.78 bits per heavy atom. The number of carbonyl (C=O) groups excluding carboxylic acids is 3. The smallest absolute Gasteiger partial charge is 0.261 e. The molecule has 0 spiro atoms. The Morgan fingerprint density at radius 1 is 1.03 bits per heavy atom. The highest BCUT2D eigenvalue weighted by Crippen LogP contribution is 2.29. The number of ether oxygens (including phenoxy) is 1. The highest BCUT2D eigenvalue weighted by molar-refractivity contribution is 6.42. The van der Waals surface area contributed by atoms with Crippen molar-refractivity contribution in [3.05, 3.63) is 74.9 Å². The Bertz CT molecular complexity index is 1200. The number of benzene rings is 2. The number of hydrogen-bond donors (Lipinski definition) is 1. The van der Waals surface area contributed by atoms with E-state index in [-0.39, 0.29) is 36.3 Å². The minimum absolute atomic E-state index is 0.00463. The van der Waals surface area contributed by atoms with Crippen LogP contribution in [0.5, 0.6) is 5.75 Å². The Morgan fingerprint density at radius 3 is 2.53 bits per heavy atom. The minimum atomic E-state index is -1.28. The Kier molecular flexibility index (Phi) is 6.15. The summed E-state index contributed by atoms with van der Waals surface area (Å²) in [7, 11) is 0. The van der Waals surface area contributed by atoms with Gasteiger partial charge in [-0.25, -0.2) is 0 Å². The first kappa shape index (κ1) is 22.2. The Balaban J connectivity index is 1.44. The monoisotopic (exact) mass is 472 g/mol. The largest absolute Gasteiger partial charge is 0.489 e. The van der Waals surface area contributed by atoms with Crippen molar-refractivity contribution in [3.63, 3.8) is 0 Å². The molecule has 0 bridgehead atoms. The fourth-order valence-electron chi connectivity index (χ4n) is 3.46. The van der Waals surface area contributed by atoms with Crippen LogP contribution in [0.15, 0.2) is 53.2 Å². The number of aliphatic hydroxyl groups is 1. The number of ketones is 1. The first-order valence-corrected chi connectivity index (χ1v) is 10.5. The number of aliphatic imine (C=N–C) groups is 1. The predicted octanol–water partition coefficient (Wildman–Crippen LogP) is 3.85. The van der Waals surface area contributed by atoms with Crippen LogP contribution in [-0.4, -0.2) is 46.0 Å². The highest BCUT2D eigenvalue weighted by Gasteiger charge is 2.36. The molecular weight excluding hydrogens is 455 g/mol. The van der Waals surface area contributed by atoms with E-state index in [2.05, 4.69) is 4.99 Å². The van der Waals surface area contributed by atoms with E-state index < -0.39 is 23.7 Å². The number of carbonyl (C=O) groups is 3. The third kappa shape index (κ3) is 4.19. The van der Waals surface area contributed by atoms with Gasteiger partial charge >= 0.3 is 0 Å². The van der Waals surface area contributed by atoms with Crippen LogP contribution in [0.25, 0.3) is 0 Å². The second-order valence-corrected chi connectivity index (χ2v) is 8.26. The highest BCUT2D eigenvalue weighted by atomic mass is 35.5. The van der Waals surface area contributed by atoms with Gasteiger partial charge in [0, 0.05) is 18.3 Å². The number of nitrogens with zero attached hydrogens (tertiary/aromatic N) is 2. The molecule has 2 aliphatic rings. The van der Waals surface area contributed by atoms with E-state index in [0.29, 0.717) is 21.5 Å². The van der Waals surface area contributed by atoms with E-state index in [1.807, 2.05) is 0 Å². The Hall–Kier alpha value is -3.00. The van der Waals surface area contributed by atoms with Crippen molar-refractivity contribution >= 4 is 46.5 Å². The third-order valence-electron chi connectivity index (χ3n) is 5.32.